The Morgan fingerprint density at radius 3 is 2.18 bits per heavy atom. The average molecular weight is 372 g/mol. The quantitative estimate of drug-likeness (QED) is 0.447. The summed E-state index contributed by atoms with van der Waals surface area (Å²) in [6, 6.07) is 27.3. The molecule has 4 heteroatoms. The van der Waals surface area contributed by atoms with Gasteiger partial charge in [-0.15, -0.1) is 0 Å². The number of amides is 1. The molecule has 0 heterocycles. The van der Waals surface area contributed by atoms with E-state index in [2.05, 4.69) is 22.7 Å². The summed E-state index contributed by atoms with van der Waals surface area (Å²) in [4.78, 5) is 12.3. The third kappa shape index (κ3) is 6.09. The van der Waals surface area contributed by atoms with E-state index >= 15 is 0 Å². The van der Waals surface area contributed by atoms with E-state index in [1.807, 2.05) is 67.6 Å². The summed E-state index contributed by atoms with van der Waals surface area (Å²) in [7, 11) is 0. The van der Waals surface area contributed by atoms with Crippen LogP contribution in [0.25, 0.3) is 0 Å². The minimum atomic E-state index is -0.213. The Morgan fingerprint density at radius 2 is 1.50 bits per heavy atom. The fourth-order valence-corrected chi connectivity index (χ4v) is 2.67. The van der Waals surface area contributed by atoms with Crippen LogP contribution in [0.4, 0.5) is 0 Å². The Morgan fingerprint density at radius 1 is 0.857 bits per heavy atom. The smallest absolute Gasteiger partial charge is 0.271 e. The first-order chi connectivity index (χ1) is 13.7. The van der Waals surface area contributed by atoms with Gasteiger partial charge < -0.3 is 4.74 Å². The molecule has 0 radical (unpaired) electrons. The van der Waals surface area contributed by atoms with Gasteiger partial charge in [-0.2, -0.15) is 5.10 Å². The maximum absolute atomic E-state index is 12.3. The Labute approximate surface area is 165 Å². The molecule has 3 aromatic rings. The molecule has 0 atom stereocenters. The summed E-state index contributed by atoms with van der Waals surface area (Å²) >= 11 is 0. The van der Waals surface area contributed by atoms with E-state index in [1.54, 1.807) is 12.1 Å². The highest BCUT2D eigenvalue weighted by atomic mass is 16.5. The number of nitrogens with zero attached hydrogens (tertiary/aromatic N) is 1. The van der Waals surface area contributed by atoms with Gasteiger partial charge >= 0.3 is 0 Å². The summed E-state index contributed by atoms with van der Waals surface area (Å²) in [5.41, 5.74) is 6.36. The monoisotopic (exact) mass is 372 g/mol. The van der Waals surface area contributed by atoms with Crippen LogP contribution in [0.2, 0.25) is 0 Å². The second-order valence-electron chi connectivity index (χ2n) is 6.57. The molecule has 28 heavy (non-hydrogen) atoms. The van der Waals surface area contributed by atoms with Crippen LogP contribution in [0.1, 0.15) is 34.8 Å². The standard InChI is InChI=1S/C24H24N2O2/c1-19(12-13-20-8-4-2-5-9-20)25-26-24(27)22-16-14-21(15-17-22)18-28-23-10-6-3-7-11-23/h2-11,14-17H,12-13,18H2,1H3,(H,26,27)/b25-19-. The zero-order valence-electron chi connectivity index (χ0n) is 16.0. The van der Waals surface area contributed by atoms with Crippen molar-refractivity contribution in [2.24, 2.45) is 5.10 Å². The molecule has 0 unspecified atom stereocenters. The van der Waals surface area contributed by atoms with Gasteiger partial charge in [0, 0.05) is 11.3 Å². The van der Waals surface area contributed by atoms with Crippen molar-refractivity contribution in [1.29, 1.82) is 0 Å². The van der Waals surface area contributed by atoms with E-state index in [9.17, 15) is 4.79 Å². The Kier molecular flexibility index (Phi) is 6.96. The predicted octanol–water partition coefficient (Wildman–Crippen LogP) is 5.00. The van der Waals surface area contributed by atoms with Crippen LogP contribution in [0.3, 0.4) is 0 Å². The number of ether oxygens (including phenoxy) is 1. The van der Waals surface area contributed by atoms with Crippen molar-refractivity contribution in [2.45, 2.75) is 26.4 Å². The van der Waals surface area contributed by atoms with Crippen molar-refractivity contribution in [3.05, 3.63) is 102 Å². The summed E-state index contributed by atoms with van der Waals surface area (Å²) in [5, 5.41) is 4.21. The van der Waals surface area contributed by atoms with E-state index in [0.717, 1.165) is 29.9 Å². The van der Waals surface area contributed by atoms with Gasteiger partial charge in [0.05, 0.1) is 0 Å². The Hall–Kier alpha value is -3.40. The molecule has 0 aliphatic carbocycles. The SMILES string of the molecule is C/C(CCc1ccccc1)=N/NC(=O)c1ccc(COc2ccccc2)cc1. The second kappa shape index (κ2) is 10.1. The fourth-order valence-electron chi connectivity index (χ4n) is 2.67. The molecule has 3 aromatic carbocycles. The van der Waals surface area contributed by atoms with Crippen molar-refractivity contribution in [3.63, 3.8) is 0 Å². The normalized spacial score (nSPS) is 11.1. The maximum Gasteiger partial charge on any atom is 0.271 e. The van der Waals surface area contributed by atoms with E-state index in [4.69, 9.17) is 4.74 Å². The van der Waals surface area contributed by atoms with Gasteiger partial charge in [-0.05, 0) is 55.2 Å². The molecule has 0 bridgehead atoms. The highest BCUT2D eigenvalue weighted by Crippen LogP contribution is 2.12. The van der Waals surface area contributed by atoms with Gasteiger partial charge in [-0.3, -0.25) is 4.79 Å². The molecule has 0 aliphatic heterocycles. The molecule has 142 valence electrons. The molecular weight excluding hydrogens is 348 g/mol. The number of nitrogens with one attached hydrogen (secondary N) is 1. The lowest BCUT2D eigenvalue weighted by Gasteiger charge is -2.07. The van der Waals surface area contributed by atoms with Crippen molar-refractivity contribution in [2.75, 3.05) is 0 Å². The fraction of sp³-hybridized carbons (Fsp3) is 0.167. The van der Waals surface area contributed by atoms with Crippen molar-refractivity contribution in [3.8, 4) is 5.75 Å². The lowest BCUT2D eigenvalue weighted by atomic mass is 10.1. The molecule has 3 rings (SSSR count). The lowest BCUT2D eigenvalue weighted by Crippen LogP contribution is -2.19. The topological polar surface area (TPSA) is 50.7 Å². The first kappa shape index (κ1) is 19.4. The largest absolute Gasteiger partial charge is 0.489 e. The minimum absolute atomic E-state index is 0.213. The number of para-hydroxylation sites is 1. The number of carbonyl (C=O) groups is 1. The number of rotatable bonds is 8. The van der Waals surface area contributed by atoms with Gasteiger partial charge in [-0.25, -0.2) is 5.43 Å². The lowest BCUT2D eigenvalue weighted by molar-refractivity contribution is 0.0954. The van der Waals surface area contributed by atoms with Crippen LogP contribution < -0.4 is 10.2 Å². The summed E-state index contributed by atoms with van der Waals surface area (Å²) in [6.07, 6.45) is 1.71. The summed E-state index contributed by atoms with van der Waals surface area (Å²) in [6.45, 7) is 2.38. The van der Waals surface area contributed by atoms with Crippen molar-refractivity contribution in [1.82, 2.24) is 5.43 Å². The third-order valence-electron chi connectivity index (χ3n) is 4.33. The number of hydrogen-bond acceptors (Lipinski definition) is 3. The van der Waals surface area contributed by atoms with E-state index in [1.165, 1.54) is 5.56 Å². The van der Waals surface area contributed by atoms with Crippen LogP contribution in [0.15, 0.2) is 90.0 Å². The summed E-state index contributed by atoms with van der Waals surface area (Å²) < 4.78 is 5.71. The molecule has 4 nitrogen and oxygen atoms in total. The van der Waals surface area contributed by atoms with E-state index in [0.29, 0.717) is 12.2 Å². The van der Waals surface area contributed by atoms with Crippen LogP contribution >= 0.6 is 0 Å². The Bertz CT molecular complexity index is 904. The zero-order valence-corrected chi connectivity index (χ0v) is 16.0. The minimum Gasteiger partial charge on any atom is -0.489 e. The Balaban J connectivity index is 1.47. The molecule has 1 amide bonds. The molecular formula is C24H24N2O2. The molecule has 0 saturated heterocycles. The average Bonchev–Trinajstić information content (AvgIpc) is 2.76. The number of benzene rings is 3. The van der Waals surface area contributed by atoms with E-state index in [-0.39, 0.29) is 5.91 Å². The summed E-state index contributed by atoms with van der Waals surface area (Å²) in [5.74, 6) is 0.610. The molecule has 0 aliphatic rings. The van der Waals surface area contributed by atoms with Crippen LogP contribution in [-0.2, 0) is 13.0 Å². The molecule has 0 fully saturated rings. The van der Waals surface area contributed by atoms with Gasteiger partial charge in [0.2, 0.25) is 0 Å². The van der Waals surface area contributed by atoms with Crippen molar-refractivity contribution < 1.29 is 9.53 Å². The van der Waals surface area contributed by atoms with Gasteiger partial charge in [-0.1, -0.05) is 60.7 Å². The van der Waals surface area contributed by atoms with E-state index < -0.39 is 0 Å². The van der Waals surface area contributed by atoms with Crippen LogP contribution in [0.5, 0.6) is 5.75 Å². The highest BCUT2D eigenvalue weighted by molar-refractivity contribution is 5.95. The first-order valence-corrected chi connectivity index (χ1v) is 9.35. The number of hydrogen-bond donors (Lipinski definition) is 1. The predicted molar refractivity (Wildman–Crippen MR) is 113 cm³/mol. The van der Waals surface area contributed by atoms with Gasteiger partial charge in [0.25, 0.3) is 5.91 Å². The maximum atomic E-state index is 12.3. The van der Waals surface area contributed by atoms with Crippen LogP contribution in [0, 0.1) is 0 Å². The number of carbonyl (C=O) groups excluding carboxylic acids is 1. The van der Waals surface area contributed by atoms with Gasteiger partial charge in [0.15, 0.2) is 0 Å². The van der Waals surface area contributed by atoms with Crippen molar-refractivity contribution >= 4 is 11.6 Å². The van der Waals surface area contributed by atoms with Gasteiger partial charge in [0.1, 0.15) is 12.4 Å². The van der Waals surface area contributed by atoms with Crippen LogP contribution in [-0.4, -0.2) is 11.6 Å². The second-order valence-corrected chi connectivity index (χ2v) is 6.57. The first-order valence-electron chi connectivity index (χ1n) is 9.35. The number of hydrazone groups is 1. The molecule has 1 N–H and O–H groups in total. The molecule has 0 spiro atoms. The molecule has 0 saturated carbocycles. The number of aryl methyl sites for hydroxylation is 1. The zero-order chi connectivity index (χ0) is 19.6. The third-order valence-corrected chi connectivity index (χ3v) is 4.33. The molecule has 0 aromatic heterocycles. The highest BCUT2D eigenvalue weighted by Gasteiger charge is 2.05.